The maximum Gasteiger partial charge on any atom is 0.220 e. The lowest BCUT2D eigenvalue weighted by atomic mass is 9.97. The molecule has 0 aromatic heterocycles. The largest absolute Gasteiger partial charge is 0.394 e. The van der Waals surface area contributed by atoms with Crippen LogP contribution in [0.4, 0.5) is 0 Å². The summed E-state index contributed by atoms with van der Waals surface area (Å²) in [6.07, 6.45) is 53.1. The number of allylic oxidation sites excluding steroid dienone is 6. The third kappa shape index (κ3) is 39.3. The topological polar surface area (TPSA) is 228 Å². The molecule has 9 N–H and O–H groups in total. The summed E-state index contributed by atoms with van der Waals surface area (Å²) in [4.78, 5) is 13.3. The second-order valence-corrected chi connectivity index (χ2v) is 25.0. The maximum atomic E-state index is 13.3. The van der Waals surface area contributed by atoms with E-state index in [0.717, 1.165) is 77.0 Å². The predicted octanol–water partition coefficient (Wildman–Crippen LogP) is 14.1. The Balaban J connectivity index is 1.65. The van der Waals surface area contributed by atoms with E-state index in [9.17, 15) is 45.6 Å². The van der Waals surface area contributed by atoms with Crippen molar-refractivity contribution in [3.05, 3.63) is 36.5 Å². The van der Waals surface area contributed by atoms with Crippen LogP contribution in [-0.4, -0.2) is 140 Å². The average Bonchev–Trinajstić information content (AvgIpc) is 3.62. The van der Waals surface area contributed by atoms with E-state index < -0.39 is 86.8 Å². The summed E-state index contributed by atoms with van der Waals surface area (Å²) in [7, 11) is 0. The standard InChI is InChI=1S/C70H131NO13/c1-3-5-7-9-11-13-15-17-19-21-23-24-25-26-27-28-29-30-31-32-33-34-36-37-39-41-43-45-47-49-51-53-59(74)58(71-62(75)54-52-50-48-46-44-42-40-38-35-22-20-18-16-14-12-10-8-6-4-2)57-81-69-67(80)65(78)68(61(56-73)83-69)84-70-66(79)64(77)63(76)60(55-72)82-70/h12,14,18,20,35,38,58-61,63-70,72-74,76-80H,3-11,13,15-17,19,21-34,36-37,39-57H2,1-2H3,(H,71,75)/b14-12-,20-18-,38-35-. The number of aliphatic hydroxyl groups is 8. The van der Waals surface area contributed by atoms with E-state index in [1.54, 1.807) is 0 Å². The Morgan fingerprint density at radius 1 is 0.429 bits per heavy atom. The number of unbranched alkanes of at least 4 members (excludes halogenated alkanes) is 39. The molecule has 2 saturated heterocycles. The molecule has 0 radical (unpaired) electrons. The first-order valence-electron chi connectivity index (χ1n) is 35.2. The molecule has 0 aromatic carbocycles. The number of carbonyl (C=O) groups excluding carboxylic acids is 1. The van der Waals surface area contributed by atoms with Crippen molar-refractivity contribution in [3.63, 3.8) is 0 Å². The number of rotatable bonds is 58. The number of ether oxygens (including phenoxy) is 4. The molecule has 2 aliphatic rings. The summed E-state index contributed by atoms with van der Waals surface area (Å²) in [5.41, 5.74) is 0. The monoisotopic (exact) mass is 1190 g/mol. The Kier molecular flexibility index (Phi) is 51.5. The highest BCUT2D eigenvalue weighted by Crippen LogP contribution is 2.30. The minimum Gasteiger partial charge on any atom is -0.394 e. The molecule has 2 aliphatic heterocycles. The van der Waals surface area contributed by atoms with E-state index in [0.29, 0.717) is 19.3 Å². The molecule has 1 amide bonds. The summed E-state index contributed by atoms with van der Waals surface area (Å²) in [6.45, 7) is 2.86. The van der Waals surface area contributed by atoms with Crippen molar-refractivity contribution in [1.82, 2.24) is 5.32 Å². The number of hydrogen-bond donors (Lipinski definition) is 9. The van der Waals surface area contributed by atoms with E-state index in [2.05, 4.69) is 55.6 Å². The summed E-state index contributed by atoms with van der Waals surface area (Å²) >= 11 is 0. The molecule has 0 aromatic rings. The molecule has 14 nitrogen and oxygen atoms in total. The van der Waals surface area contributed by atoms with Gasteiger partial charge in [-0.2, -0.15) is 0 Å². The SMILES string of the molecule is CCCCC/C=C\C/C=C\C/C=C\CCCCCCCCC(=O)NC(COC1OC(CO)C(OC2OC(CO)C(O)C(O)C2O)C(O)C1O)C(O)CCCCCCCCCCCCCCCCCCCCCCCCCCCCCCCCC. The van der Waals surface area contributed by atoms with Gasteiger partial charge in [0, 0.05) is 6.42 Å². The second kappa shape index (κ2) is 55.3. The first kappa shape index (κ1) is 78.3. The van der Waals surface area contributed by atoms with Crippen LogP contribution in [0.15, 0.2) is 36.5 Å². The van der Waals surface area contributed by atoms with Gasteiger partial charge in [-0.25, -0.2) is 0 Å². The van der Waals surface area contributed by atoms with Crippen LogP contribution in [0.3, 0.4) is 0 Å². The first-order valence-corrected chi connectivity index (χ1v) is 35.2. The fraction of sp³-hybridized carbons (Fsp3) is 0.900. The number of nitrogens with one attached hydrogen (secondary N) is 1. The zero-order valence-corrected chi connectivity index (χ0v) is 53.7. The average molecular weight is 1190 g/mol. The van der Waals surface area contributed by atoms with Gasteiger partial charge in [0.15, 0.2) is 12.6 Å². The molecular weight excluding hydrogens is 1060 g/mol. The predicted molar refractivity (Wildman–Crippen MR) is 341 cm³/mol. The van der Waals surface area contributed by atoms with E-state index >= 15 is 0 Å². The smallest absolute Gasteiger partial charge is 0.220 e. The molecule has 12 atom stereocenters. The van der Waals surface area contributed by atoms with Crippen molar-refractivity contribution < 1.29 is 64.6 Å². The quantitative estimate of drug-likeness (QED) is 0.0204. The minimum atomic E-state index is -1.78. The minimum absolute atomic E-state index is 0.216. The van der Waals surface area contributed by atoms with Crippen LogP contribution in [0.5, 0.6) is 0 Å². The van der Waals surface area contributed by atoms with Gasteiger partial charge in [-0.1, -0.05) is 288 Å². The molecule has 494 valence electrons. The van der Waals surface area contributed by atoms with Gasteiger partial charge in [0.2, 0.25) is 5.91 Å². The summed E-state index contributed by atoms with van der Waals surface area (Å²) in [5.74, 6) is -0.216. The van der Waals surface area contributed by atoms with Gasteiger partial charge < -0.3 is 65.1 Å². The van der Waals surface area contributed by atoms with Crippen LogP contribution < -0.4 is 5.32 Å². The van der Waals surface area contributed by atoms with E-state index in [-0.39, 0.29) is 12.5 Å². The molecule has 0 spiro atoms. The zero-order valence-electron chi connectivity index (χ0n) is 53.7. The lowest BCUT2D eigenvalue weighted by Gasteiger charge is -2.46. The lowest BCUT2D eigenvalue weighted by Crippen LogP contribution is -2.65. The second-order valence-electron chi connectivity index (χ2n) is 25.0. The van der Waals surface area contributed by atoms with Gasteiger partial charge in [0.25, 0.3) is 0 Å². The van der Waals surface area contributed by atoms with E-state index in [4.69, 9.17) is 18.9 Å². The molecular formula is C70H131NO13. The summed E-state index contributed by atoms with van der Waals surface area (Å²) < 4.78 is 22.9. The molecule has 2 rings (SSSR count). The normalized spacial score (nSPS) is 23.8. The van der Waals surface area contributed by atoms with Crippen molar-refractivity contribution in [2.24, 2.45) is 0 Å². The van der Waals surface area contributed by atoms with Crippen molar-refractivity contribution >= 4 is 5.91 Å². The van der Waals surface area contributed by atoms with Crippen LogP contribution in [0.1, 0.15) is 309 Å². The first-order chi connectivity index (χ1) is 41.1. The number of aliphatic hydroxyl groups excluding tert-OH is 8. The summed E-state index contributed by atoms with van der Waals surface area (Å²) in [5, 5.41) is 87.6. The van der Waals surface area contributed by atoms with E-state index in [1.807, 2.05) is 0 Å². The van der Waals surface area contributed by atoms with Crippen molar-refractivity contribution in [2.75, 3.05) is 19.8 Å². The fourth-order valence-electron chi connectivity index (χ4n) is 11.7. The van der Waals surface area contributed by atoms with Gasteiger partial charge in [0.05, 0.1) is 32.0 Å². The Labute approximate surface area is 512 Å². The molecule has 84 heavy (non-hydrogen) atoms. The molecule has 2 fully saturated rings. The molecule has 12 unspecified atom stereocenters. The third-order valence-corrected chi connectivity index (χ3v) is 17.4. The Morgan fingerprint density at radius 3 is 1.23 bits per heavy atom. The number of hydrogen-bond acceptors (Lipinski definition) is 13. The van der Waals surface area contributed by atoms with Gasteiger partial charge in [-0.3, -0.25) is 4.79 Å². The van der Waals surface area contributed by atoms with Gasteiger partial charge >= 0.3 is 0 Å². The zero-order chi connectivity index (χ0) is 60.9. The van der Waals surface area contributed by atoms with E-state index in [1.165, 1.54) is 199 Å². The highest BCUT2D eigenvalue weighted by Gasteiger charge is 2.51. The third-order valence-electron chi connectivity index (χ3n) is 17.4. The van der Waals surface area contributed by atoms with Crippen molar-refractivity contribution in [3.8, 4) is 0 Å². The molecule has 0 saturated carbocycles. The van der Waals surface area contributed by atoms with Crippen LogP contribution in [-0.2, 0) is 23.7 Å². The van der Waals surface area contributed by atoms with Crippen LogP contribution in [0.25, 0.3) is 0 Å². The van der Waals surface area contributed by atoms with Crippen molar-refractivity contribution in [2.45, 2.75) is 383 Å². The summed E-state index contributed by atoms with van der Waals surface area (Å²) in [6, 6.07) is -0.838. The highest BCUT2D eigenvalue weighted by molar-refractivity contribution is 5.76. The number of carbonyl (C=O) groups is 1. The molecule has 2 heterocycles. The Morgan fingerprint density at radius 2 is 0.786 bits per heavy atom. The molecule has 14 heteroatoms. The Bertz CT molecular complexity index is 1550. The van der Waals surface area contributed by atoms with Crippen molar-refractivity contribution in [1.29, 1.82) is 0 Å². The van der Waals surface area contributed by atoms with Gasteiger partial charge in [-0.15, -0.1) is 0 Å². The van der Waals surface area contributed by atoms with Crippen LogP contribution in [0, 0.1) is 0 Å². The lowest BCUT2D eigenvalue weighted by molar-refractivity contribution is -0.359. The molecule has 0 aliphatic carbocycles. The number of amides is 1. The van der Waals surface area contributed by atoms with Crippen LogP contribution >= 0.6 is 0 Å². The maximum absolute atomic E-state index is 13.3. The van der Waals surface area contributed by atoms with Gasteiger partial charge in [-0.05, 0) is 51.4 Å². The highest BCUT2D eigenvalue weighted by atomic mass is 16.7. The molecule has 0 bridgehead atoms. The van der Waals surface area contributed by atoms with Gasteiger partial charge in [0.1, 0.15) is 48.8 Å². The fourth-order valence-corrected chi connectivity index (χ4v) is 11.7. The van der Waals surface area contributed by atoms with Crippen LogP contribution in [0.2, 0.25) is 0 Å². The Hall–Kier alpha value is -1.79.